The monoisotopic (exact) mass is 267 g/mol. The van der Waals surface area contributed by atoms with E-state index in [0.29, 0.717) is 11.4 Å². The van der Waals surface area contributed by atoms with E-state index in [1.165, 1.54) is 6.08 Å². The van der Waals surface area contributed by atoms with Gasteiger partial charge in [0.1, 0.15) is 5.75 Å². The lowest BCUT2D eigenvalue weighted by Gasteiger charge is -2.09. The molecule has 0 atom stereocenters. The van der Waals surface area contributed by atoms with E-state index in [4.69, 9.17) is 4.74 Å². The zero-order valence-corrected chi connectivity index (χ0v) is 11.6. The van der Waals surface area contributed by atoms with Crippen LogP contribution in [0.25, 0.3) is 6.08 Å². The van der Waals surface area contributed by atoms with Crippen molar-refractivity contribution in [3.05, 3.63) is 65.7 Å². The Morgan fingerprint density at radius 1 is 1.15 bits per heavy atom. The Kier molecular flexibility index (Phi) is 4.56. The third-order valence-corrected chi connectivity index (χ3v) is 2.84. The van der Waals surface area contributed by atoms with Crippen molar-refractivity contribution < 1.29 is 9.53 Å². The first-order valence-corrected chi connectivity index (χ1v) is 6.38. The highest BCUT2D eigenvalue weighted by Gasteiger charge is 2.05. The van der Waals surface area contributed by atoms with Crippen molar-refractivity contribution in [3.63, 3.8) is 0 Å². The van der Waals surface area contributed by atoms with E-state index in [0.717, 1.165) is 11.1 Å². The normalized spacial score (nSPS) is 10.5. The molecule has 0 fully saturated rings. The van der Waals surface area contributed by atoms with Crippen LogP contribution in [0.5, 0.6) is 5.75 Å². The molecule has 1 amide bonds. The van der Waals surface area contributed by atoms with Crippen LogP contribution in [0.4, 0.5) is 5.69 Å². The summed E-state index contributed by atoms with van der Waals surface area (Å²) in [6.45, 7) is 1.98. The second kappa shape index (κ2) is 6.57. The average Bonchev–Trinajstić information content (AvgIpc) is 2.48. The van der Waals surface area contributed by atoms with E-state index < -0.39 is 0 Å². The Morgan fingerprint density at radius 2 is 1.90 bits per heavy atom. The third-order valence-electron chi connectivity index (χ3n) is 2.84. The SMILES string of the molecule is COc1cc(C)ccc1NC(=O)/C=C/c1ccccc1. The van der Waals surface area contributed by atoms with E-state index in [-0.39, 0.29) is 5.91 Å². The second-order valence-electron chi connectivity index (χ2n) is 4.44. The summed E-state index contributed by atoms with van der Waals surface area (Å²) in [5.41, 5.74) is 2.74. The lowest BCUT2D eigenvalue weighted by atomic mass is 10.2. The van der Waals surface area contributed by atoms with Gasteiger partial charge in [-0.2, -0.15) is 0 Å². The number of hydrogen-bond donors (Lipinski definition) is 1. The molecule has 3 heteroatoms. The van der Waals surface area contributed by atoms with Gasteiger partial charge in [-0.25, -0.2) is 0 Å². The van der Waals surface area contributed by atoms with E-state index >= 15 is 0 Å². The van der Waals surface area contributed by atoms with Crippen LogP contribution in [0, 0.1) is 6.92 Å². The summed E-state index contributed by atoms with van der Waals surface area (Å²) < 4.78 is 5.25. The smallest absolute Gasteiger partial charge is 0.248 e. The molecule has 1 N–H and O–H groups in total. The highest BCUT2D eigenvalue weighted by Crippen LogP contribution is 2.25. The number of benzene rings is 2. The number of methoxy groups -OCH3 is 1. The summed E-state index contributed by atoms with van der Waals surface area (Å²) in [4.78, 5) is 11.9. The minimum absolute atomic E-state index is 0.184. The highest BCUT2D eigenvalue weighted by molar-refractivity contribution is 6.02. The molecular weight excluding hydrogens is 250 g/mol. The minimum Gasteiger partial charge on any atom is -0.495 e. The molecule has 0 unspecified atom stereocenters. The molecule has 0 aliphatic rings. The maximum Gasteiger partial charge on any atom is 0.248 e. The van der Waals surface area contributed by atoms with Crippen LogP contribution in [-0.2, 0) is 4.79 Å². The number of carbonyl (C=O) groups is 1. The predicted octanol–water partition coefficient (Wildman–Crippen LogP) is 3.66. The lowest BCUT2D eigenvalue weighted by molar-refractivity contribution is -0.111. The zero-order valence-electron chi connectivity index (χ0n) is 11.6. The largest absolute Gasteiger partial charge is 0.495 e. The number of aryl methyl sites for hydroxylation is 1. The van der Waals surface area contributed by atoms with Gasteiger partial charge in [0.15, 0.2) is 0 Å². The van der Waals surface area contributed by atoms with Gasteiger partial charge in [-0.15, -0.1) is 0 Å². The van der Waals surface area contributed by atoms with Gasteiger partial charge in [-0.05, 0) is 36.3 Å². The maximum absolute atomic E-state index is 11.9. The highest BCUT2D eigenvalue weighted by atomic mass is 16.5. The predicted molar refractivity (Wildman–Crippen MR) is 81.8 cm³/mol. The van der Waals surface area contributed by atoms with Crippen molar-refractivity contribution in [2.45, 2.75) is 6.92 Å². The topological polar surface area (TPSA) is 38.3 Å². The Bertz CT molecular complexity index is 618. The lowest BCUT2D eigenvalue weighted by Crippen LogP contribution is -2.08. The van der Waals surface area contributed by atoms with Crippen LogP contribution in [0.1, 0.15) is 11.1 Å². The van der Waals surface area contributed by atoms with E-state index in [2.05, 4.69) is 5.32 Å². The maximum atomic E-state index is 11.9. The van der Waals surface area contributed by atoms with Crippen LogP contribution in [0.2, 0.25) is 0 Å². The van der Waals surface area contributed by atoms with Gasteiger partial charge in [0.05, 0.1) is 12.8 Å². The van der Waals surface area contributed by atoms with Crippen molar-refractivity contribution in [1.82, 2.24) is 0 Å². The third kappa shape index (κ3) is 3.72. The number of carbonyl (C=O) groups excluding carboxylic acids is 1. The Hall–Kier alpha value is -2.55. The summed E-state index contributed by atoms with van der Waals surface area (Å²) in [5.74, 6) is 0.475. The molecular formula is C17H17NO2. The molecule has 102 valence electrons. The summed E-state index contributed by atoms with van der Waals surface area (Å²) in [5, 5.41) is 2.81. The molecule has 0 aromatic heterocycles. The van der Waals surface area contributed by atoms with Crippen molar-refractivity contribution in [2.24, 2.45) is 0 Å². The summed E-state index contributed by atoms with van der Waals surface area (Å²) in [6.07, 6.45) is 3.28. The van der Waals surface area contributed by atoms with Gasteiger partial charge in [0, 0.05) is 6.08 Å². The summed E-state index contributed by atoms with van der Waals surface area (Å²) in [6, 6.07) is 15.3. The molecule has 0 radical (unpaired) electrons. The van der Waals surface area contributed by atoms with Crippen LogP contribution in [-0.4, -0.2) is 13.0 Å². The van der Waals surface area contributed by atoms with E-state index in [9.17, 15) is 4.79 Å². The van der Waals surface area contributed by atoms with Gasteiger partial charge in [0.2, 0.25) is 5.91 Å². The van der Waals surface area contributed by atoms with Gasteiger partial charge < -0.3 is 10.1 Å². The van der Waals surface area contributed by atoms with Crippen molar-refractivity contribution >= 4 is 17.7 Å². The summed E-state index contributed by atoms with van der Waals surface area (Å²) in [7, 11) is 1.59. The first-order chi connectivity index (χ1) is 9.69. The van der Waals surface area contributed by atoms with Crippen LogP contribution in [0.3, 0.4) is 0 Å². The molecule has 0 aliphatic heterocycles. The Balaban J connectivity index is 2.07. The fraction of sp³-hybridized carbons (Fsp3) is 0.118. The molecule has 0 spiro atoms. The molecule has 20 heavy (non-hydrogen) atoms. The van der Waals surface area contributed by atoms with Gasteiger partial charge in [0.25, 0.3) is 0 Å². The second-order valence-corrected chi connectivity index (χ2v) is 4.44. The van der Waals surface area contributed by atoms with Crippen LogP contribution in [0.15, 0.2) is 54.6 Å². The van der Waals surface area contributed by atoms with Crippen molar-refractivity contribution in [2.75, 3.05) is 12.4 Å². The molecule has 3 nitrogen and oxygen atoms in total. The Morgan fingerprint density at radius 3 is 2.60 bits per heavy atom. The van der Waals surface area contributed by atoms with E-state index in [1.807, 2.05) is 55.5 Å². The number of hydrogen-bond acceptors (Lipinski definition) is 2. The quantitative estimate of drug-likeness (QED) is 0.859. The molecule has 0 aliphatic carbocycles. The fourth-order valence-electron chi connectivity index (χ4n) is 1.81. The van der Waals surface area contributed by atoms with E-state index in [1.54, 1.807) is 13.2 Å². The summed E-state index contributed by atoms with van der Waals surface area (Å²) >= 11 is 0. The zero-order chi connectivity index (χ0) is 14.4. The van der Waals surface area contributed by atoms with Gasteiger partial charge in [-0.1, -0.05) is 36.4 Å². The number of nitrogens with one attached hydrogen (secondary N) is 1. The average molecular weight is 267 g/mol. The van der Waals surface area contributed by atoms with Crippen LogP contribution < -0.4 is 10.1 Å². The Labute approximate surface area is 118 Å². The number of anilines is 1. The standard InChI is InChI=1S/C17H17NO2/c1-13-8-10-15(16(12-13)20-2)18-17(19)11-9-14-6-4-3-5-7-14/h3-12H,1-2H3,(H,18,19)/b11-9+. The number of amides is 1. The molecule has 0 saturated heterocycles. The molecule has 2 aromatic rings. The first-order valence-electron chi connectivity index (χ1n) is 6.38. The molecule has 0 saturated carbocycles. The fourth-order valence-corrected chi connectivity index (χ4v) is 1.81. The number of rotatable bonds is 4. The number of ether oxygens (including phenoxy) is 1. The molecule has 0 bridgehead atoms. The molecule has 2 rings (SSSR count). The first kappa shape index (κ1) is 13.9. The van der Waals surface area contributed by atoms with Crippen molar-refractivity contribution in [3.8, 4) is 5.75 Å². The minimum atomic E-state index is -0.184. The van der Waals surface area contributed by atoms with Gasteiger partial charge >= 0.3 is 0 Å². The molecule has 2 aromatic carbocycles. The van der Waals surface area contributed by atoms with Crippen LogP contribution >= 0.6 is 0 Å². The molecule has 0 heterocycles. The van der Waals surface area contributed by atoms with Crippen molar-refractivity contribution in [1.29, 1.82) is 0 Å². The van der Waals surface area contributed by atoms with Gasteiger partial charge in [-0.3, -0.25) is 4.79 Å².